The van der Waals surface area contributed by atoms with Crippen LogP contribution in [0.1, 0.15) is 25.7 Å². The van der Waals surface area contributed by atoms with Crippen molar-refractivity contribution in [3.05, 3.63) is 12.2 Å². The molecule has 3 aliphatic rings. The van der Waals surface area contributed by atoms with Gasteiger partial charge in [0.15, 0.2) is 0 Å². The van der Waals surface area contributed by atoms with Crippen molar-refractivity contribution in [3.63, 3.8) is 0 Å². The van der Waals surface area contributed by atoms with Gasteiger partial charge in [-0.25, -0.2) is 0 Å². The number of nitrogens with one attached hydrogen (secondary N) is 1. The third-order valence-electron chi connectivity index (χ3n) is 4.74. The monoisotopic (exact) mass is 234 g/mol. The van der Waals surface area contributed by atoms with Gasteiger partial charge in [-0.1, -0.05) is 12.2 Å². The topological polar surface area (TPSA) is 32.3 Å². The molecule has 0 aromatic heterocycles. The molecule has 3 heteroatoms. The Labute approximate surface area is 103 Å². The summed E-state index contributed by atoms with van der Waals surface area (Å²) in [7, 11) is 2.00. The molecule has 2 fully saturated rings. The molecule has 0 aromatic carbocycles. The zero-order valence-electron chi connectivity index (χ0n) is 10.6. The fourth-order valence-corrected chi connectivity index (χ4v) is 3.71. The summed E-state index contributed by atoms with van der Waals surface area (Å²) in [5.74, 6) is 1.95. The van der Waals surface area contributed by atoms with Crippen LogP contribution in [0.4, 0.5) is 0 Å². The smallest absolute Gasteiger partial charge is 0.226 e. The normalized spacial score (nSPS) is 39.9. The van der Waals surface area contributed by atoms with Crippen LogP contribution in [0.5, 0.6) is 0 Å². The van der Waals surface area contributed by atoms with E-state index >= 15 is 0 Å². The first-order valence-corrected chi connectivity index (χ1v) is 6.92. The van der Waals surface area contributed by atoms with Crippen LogP contribution in [-0.2, 0) is 4.79 Å². The lowest BCUT2D eigenvalue weighted by molar-refractivity contribution is -0.137. The summed E-state index contributed by atoms with van der Waals surface area (Å²) in [6, 6.07) is 0.502. The third-order valence-corrected chi connectivity index (χ3v) is 4.74. The number of likely N-dealkylation sites (N-methyl/N-ethyl adjacent to an activating group) is 1. The van der Waals surface area contributed by atoms with Gasteiger partial charge in [-0.05, 0) is 44.6 Å². The van der Waals surface area contributed by atoms with Crippen LogP contribution < -0.4 is 5.32 Å². The lowest BCUT2D eigenvalue weighted by Gasteiger charge is -2.35. The van der Waals surface area contributed by atoms with Crippen LogP contribution in [0.25, 0.3) is 0 Å². The molecule has 4 atom stereocenters. The van der Waals surface area contributed by atoms with Gasteiger partial charge in [0.1, 0.15) is 0 Å². The second-order valence-corrected chi connectivity index (χ2v) is 5.80. The maximum atomic E-state index is 12.5. The van der Waals surface area contributed by atoms with Gasteiger partial charge in [0.2, 0.25) is 5.91 Å². The van der Waals surface area contributed by atoms with E-state index in [0.717, 1.165) is 25.9 Å². The lowest BCUT2D eigenvalue weighted by atomic mass is 9.91. The highest BCUT2D eigenvalue weighted by Gasteiger charge is 2.41. The van der Waals surface area contributed by atoms with E-state index in [-0.39, 0.29) is 0 Å². The number of likely N-dealkylation sites (tertiary alicyclic amines) is 1. The molecule has 1 saturated carbocycles. The summed E-state index contributed by atoms with van der Waals surface area (Å²) in [6.45, 7) is 1.88. The van der Waals surface area contributed by atoms with Crippen molar-refractivity contribution >= 4 is 5.91 Å². The molecular formula is C14H22N2O. The van der Waals surface area contributed by atoms with Crippen LogP contribution in [0.15, 0.2) is 12.2 Å². The highest BCUT2D eigenvalue weighted by atomic mass is 16.2. The van der Waals surface area contributed by atoms with Gasteiger partial charge in [-0.2, -0.15) is 0 Å². The standard InChI is InChI=1S/C14H22N2O/c1-15-12-3-2-6-16(9-12)14(17)13-8-10-4-5-11(13)7-10/h4-5,10-13,15H,2-3,6-9H2,1H3. The number of carbonyl (C=O) groups excluding carboxylic acids is 1. The Hall–Kier alpha value is -0.830. The van der Waals surface area contributed by atoms with E-state index < -0.39 is 0 Å². The molecule has 1 saturated heterocycles. The molecule has 17 heavy (non-hydrogen) atoms. The number of hydrogen-bond donors (Lipinski definition) is 1. The Morgan fingerprint density at radius 2 is 2.24 bits per heavy atom. The first kappa shape index (κ1) is 11.3. The molecule has 1 amide bonds. The molecule has 3 rings (SSSR count). The molecule has 4 unspecified atom stereocenters. The molecule has 3 nitrogen and oxygen atoms in total. The first-order chi connectivity index (χ1) is 8.28. The van der Waals surface area contributed by atoms with E-state index in [0.29, 0.717) is 29.7 Å². The second kappa shape index (κ2) is 4.45. The van der Waals surface area contributed by atoms with Gasteiger partial charge in [-0.3, -0.25) is 4.79 Å². The fourth-order valence-electron chi connectivity index (χ4n) is 3.71. The Morgan fingerprint density at radius 1 is 1.35 bits per heavy atom. The number of hydrogen-bond acceptors (Lipinski definition) is 2. The molecule has 1 aliphatic heterocycles. The van der Waals surface area contributed by atoms with Crippen LogP contribution in [0.2, 0.25) is 0 Å². The van der Waals surface area contributed by atoms with E-state index in [4.69, 9.17) is 0 Å². The summed E-state index contributed by atoms with van der Waals surface area (Å²) in [5.41, 5.74) is 0. The summed E-state index contributed by atoms with van der Waals surface area (Å²) >= 11 is 0. The van der Waals surface area contributed by atoms with Crippen molar-refractivity contribution < 1.29 is 4.79 Å². The zero-order valence-corrected chi connectivity index (χ0v) is 10.6. The molecule has 94 valence electrons. The van der Waals surface area contributed by atoms with Gasteiger partial charge in [-0.15, -0.1) is 0 Å². The first-order valence-electron chi connectivity index (χ1n) is 6.92. The summed E-state index contributed by atoms with van der Waals surface area (Å²) in [4.78, 5) is 14.6. The number of allylic oxidation sites excluding steroid dienone is 2. The number of nitrogens with zero attached hydrogens (tertiary/aromatic N) is 1. The lowest BCUT2D eigenvalue weighted by Crippen LogP contribution is -2.49. The van der Waals surface area contributed by atoms with E-state index in [1.54, 1.807) is 0 Å². The van der Waals surface area contributed by atoms with Gasteiger partial charge >= 0.3 is 0 Å². The average Bonchev–Trinajstić information content (AvgIpc) is 3.00. The minimum atomic E-state index is 0.292. The zero-order chi connectivity index (χ0) is 11.8. The van der Waals surface area contributed by atoms with Crippen LogP contribution in [0.3, 0.4) is 0 Å². The minimum Gasteiger partial charge on any atom is -0.341 e. The minimum absolute atomic E-state index is 0.292. The van der Waals surface area contributed by atoms with E-state index in [2.05, 4.69) is 22.4 Å². The summed E-state index contributed by atoms with van der Waals surface area (Å²) in [6.07, 6.45) is 9.25. The number of rotatable bonds is 2. The Morgan fingerprint density at radius 3 is 2.88 bits per heavy atom. The van der Waals surface area contributed by atoms with Gasteiger partial charge in [0, 0.05) is 25.0 Å². The second-order valence-electron chi connectivity index (χ2n) is 5.80. The van der Waals surface area contributed by atoms with Crippen molar-refractivity contribution in [2.75, 3.05) is 20.1 Å². The molecule has 1 N–H and O–H groups in total. The maximum Gasteiger partial charge on any atom is 0.226 e. The number of piperidine rings is 1. The van der Waals surface area contributed by atoms with E-state index in [9.17, 15) is 4.79 Å². The Bertz CT molecular complexity index is 339. The van der Waals surface area contributed by atoms with Crippen molar-refractivity contribution in [1.82, 2.24) is 10.2 Å². The molecule has 2 aliphatic carbocycles. The van der Waals surface area contributed by atoms with Crippen LogP contribution >= 0.6 is 0 Å². The largest absolute Gasteiger partial charge is 0.341 e. The molecule has 2 bridgehead atoms. The summed E-state index contributed by atoms with van der Waals surface area (Å²) in [5, 5.41) is 3.31. The number of carbonyl (C=O) groups is 1. The molecular weight excluding hydrogens is 212 g/mol. The summed E-state index contributed by atoms with van der Waals surface area (Å²) < 4.78 is 0. The van der Waals surface area contributed by atoms with E-state index in [1.807, 2.05) is 7.05 Å². The molecule has 0 aromatic rings. The molecule has 0 radical (unpaired) electrons. The van der Waals surface area contributed by atoms with Gasteiger partial charge in [0.25, 0.3) is 0 Å². The molecule has 1 heterocycles. The predicted molar refractivity (Wildman–Crippen MR) is 67.5 cm³/mol. The third kappa shape index (κ3) is 2.01. The fraction of sp³-hybridized carbons (Fsp3) is 0.786. The Balaban J connectivity index is 1.64. The number of fused-ring (bicyclic) bond motifs is 2. The quantitative estimate of drug-likeness (QED) is 0.733. The van der Waals surface area contributed by atoms with Crippen molar-refractivity contribution in [1.29, 1.82) is 0 Å². The van der Waals surface area contributed by atoms with Gasteiger partial charge < -0.3 is 10.2 Å². The maximum absolute atomic E-state index is 12.5. The SMILES string of the molecule is CNC1CCCN(C(=O)C2CC3C=CC2C3)C1. The van der Waals surface area contributed by atoms with E-state index in [1.165, 1.54) is 12.8 Å². The van der Waals surface area contributed by atoms with Crippen molar-refractivity contribution in [2.45, 2.75) is 31.7 Å². The average molecular weight is 234 g/mol. The van der Waals surface area contributed by atoms with Crippen LogP contribution in [0, 0.1) is 17.8 Å². The Kier molecular flexibility index (Phi) is 2.95. The number of amides is 1. The van der Waals surface area contributed by atoms with Crippen molar-refractivity contribution in [3.8, 4) is 0 Å². The van der Waals surface area contributed by atoms with Crippen LogP contribution in [-0.4, -0.2) is 37.0 Å². The molecule has 0 spiro atoms. The van der Waals surface area contributed by atoms with Crippen molar-refractivity contribution in [2.24, 2.45) is 17.8 Å². The highest BCUT2D eigenvalue weighted by Crippen LogP contribution is 2.44. The predicted octanol–water partition coefficient (Wildman–Crippen LogP) is 1.41. The van der Waals surface area contributed by atoms with Gasteiger partial charge in [0.05, 0.1) is 0 Å². The highest BCUT2D eigenvalue weighted by molar-refractivity contribution is 5.80.